The van der Waals surface area contributed by atoms with E-state index in [0.29, 0.717) is 18.0 Å². The lowest BCUT2D eigenvalue weighted by Crippen LogP contribution is -2.41. The van der Waals surface area contributed by atoms with Gasteiger partial charge in [0.1, 0.15) is 0 Å². The number of hydrogen-bond acceptors (Lipinski definition) is 3. The highest BCUT2D eigenvalue weighted by Gasteiger charge is 2.31. The van der Waals surface area contributed by atoms with Crippen molar-refractivity contribution >= 4 is 0 Å². The van der Waals surface area contributed by atoms with E-state index in [4.69, 9.17) is 5.73 Å². The number of hydrogen-bond donors (Lipinski definition) is 1. The highest BCUT2D eigenvalue weighted by molar-refractivity contribution is 4.88. The summed E-state index contributed by atoms with van der Waals surface area (Å²) in [5.74, 6) is 1.40. The van der Waals surface area contributed by atoms with Crippen molar-refractivity contribution in [3.05, 3.63) is 0 Å². The van der Waals surface area contributed by atoms with Crippen LogP contribution < -0.4 is 5.73 Å². The Kier molecular flexibility index (Phi) is 5.22. The summed E-state index contributed by atoms with van der Waals surface area (Å²) < 4.78 is 0. The van der Waals surface area contributed by atoms with E-state index in [1.165, 1.54) is 19.5 Å². The second-order valence-electron chi connectivity index (χ2n) is 5.78. The van der Waals surface area contributed by atoms with Crippen LogP contribution in [-0.2, 0) is 0 Å². The normalized spacial score (nSPS) is 30.9. The van der Waals surface area contributed by atoms with Crippen molar-refractivity contribution in [3.8, 4) is 0 Å². The quantitative estimate of drug-likeness (QED) is 0.767. The molecule has 1 aliphatic rings. The molecule has 0 aromatic heterocycles. The van der Waals surface area contributed by atoms with Gasteiger partial charge >= 0.3 is 0 Å². The highest BCUT2D eigenvalue weighted by atomic mass is 15.2. The predicted molar refractivity (Wildman–Crippen MR) is 70.5 cm³/mol. The van der Waals surface area contributed by atoms with Gasteiger partial charge in [-0.05, 0) is 25.9 Å². The Bertz CT molecular complexity index is 205. The Morgan fingerprint density at radius 3 is 2.44 bits per heavy atom. The highest BCUT2D eigenvalue weighted by Crippen LogP contribution is 2.20. The Labute approximate surface area is 101 Å². The molecule has 16 heavy (non-hydrogen) atoms. The summed E-state index contributed by atoms with van der Waals surface area (Å²) in [5.41, 5.74) is 6.22. The summed E-state index contributed by atoms with van der Waals surface area (Å²) in [7, 11) is 4.36. The molecule has 0 aromatic rings. The van der Waals surface area contributed by atoms with Crippen LogP contribution in [0.15, 0.2) is 0 Å². The molecule has 0 bridgehead atoms. The van der Waals surface area contributed by atoms with Gasteiger partial charge in [0.25, 0.3) is 0 Å². The summed E-state index contributed by atoms with van der Waals surface area (Å²) in [6.07, 6.45) is 1.18. The molecule has 0 radical (unpaired) electrons. The number of likely N-dealkylation sites (N-methyl/N-ethyl adjacent to an activating group) is 1. The van der Waals surface area contributed by atoms with Crippen molar-refractivity contribution in [2.45, 2.75) is 39.3 Å². The molecule has 1 aliphatic heterocycles. The Hall–Kier alpha value is -0.120. The van der Waals surface area contributed by atoms with Crippen LogP contribution in [0.2, 0.25) is 0 Å². The minimum absolute atomic E-state index is 0.332. The Balaban J connectivity index is 2.41. The molecule has 1 saturated heterocycles. The summed E-state index contributed by atoms with van der Waals surface area (Å²) >= 11 is 0. The third-order valence-electron chi connectivity index (χ3n) is 4.16. The van der Waals surface area contributed by atoms with Crippen molar-refractivity contribution in [3.63, 3.8) is 0 Å². The molecule has 3 heteroatoms. The maximum Gasteiger partial charge on any atom is 0.0254 e. The molecule has 1 rings (SSSR count). The van der Waals surface area contributed by atoms with Crippen LogP contribution in [0, 0.1) is 11.8 Å². The molecule has 2 N–H and O–H groups in total. The lowest BCUT2D eigenvalue weighted by atomic mass is 10.00. The monoisotopic (exact) mass is 227 g/mol. The molecule has 0 saturated carbocycles. The first-order valence-electron chi connectivity index (χ1n) is 6.60. The van der Waals surface area contributed by atoms with Crippen LogP contribution in [0.1, 0.15) is 27.2 Å². The molecule has 96 valence electrons. The average Bonchev–Trinajstić information content (AvgIpc) is 2.58. The minimum Gasteiger partial charge on any atom is -0.326 e. The summed E-state index contributed by atoms with van der Waals surface area (Å²) in [4.78, 5) is 4.88. The smallest absolute Gasteiger partial charge is 0.0254 e. The van der Waals surface area contributed by atoms with Crippen LogP contribution in [0.5, 0.6) is 0 Å². The largest absolute Gasteiger partial charge is 0.326 e. The zero-order valence-corrected chi connectivity index (χ0v) is 11.6. The van der Waals surface area contributed by atoms with E-state index in [0.717, 1.165) is 12.5 Å². The zero-order chi connectivity index (χ0) is 12.3. The summed E-state index contributed by atoms with van der Waals surface area (Å²) in [6, 6.07) is 1.03. The SMILES string of the molecule is CCC(C)C(N)CN1CC(C)C(N(C)C)C1. The molecule has 3 nitrogen and oxygen atoms in total. The van der Waals surface area contributed by atoms with Gasteiger partial charge in [-0.25, -0.2) is 0 Å². The second-order valence-corrected chi connectivity index (χ2v) is 5.78. The van der Waals surface area contributed by atoms with E-state index in [9.17, 15) is 0 Å². The number of rotatable bonds is 5. The van der Waals surface area contributed by atoms with Gasteiger partial charge in [0.05, 0.1) is 0 Å². The van der Waals surface area contributed by atoms with E-state index in [1.54, 1.807) is 0 Å². The molecular weight excluding hydrogens is 198 g/mol. The van der Waals surface area contributed by atoms with Gasteiger partial charge in [-0.15, -0.1) is 0 Å². The van der Waals surface area contributed by atoms with E-state index in [-0.39, 0.29) is 0 Å². The fraction of sp³-hybridized carbons (Fsp3) is 1.00. The summed E-state index contributed by atoms with van der Waals surface area (Å²) in [5, 5.41) is 0. The van der Waals surface area contributed by atoms with E-state index in [2.05, 4.69) is 44.7 Å². The minimum atomic E-state index is 0.332. The third-order valence-corrected chi connectivity index (χ3v) is 4.16. The number of nitrogens with two attached hydrogens (primary N) is 1. The lowest BCUT2D eigenvalue weighted by Gasteiger charge is -2.25. The van der Waals surface area contributed by atoms with Crippen molar-refractivity contribution in [2.75, 3.05) is 33.7 Å². The van der Waals surface area contributed by atoms with E-state index < -0.39 is 0 Å². The topological polar surface area (TPSA) is 32.5 Å². The van der Waals surface area contributed by atoms with Gasteiger partial charge < -0.3 is 10.6 Å². The van der Waals surface area contributed by atoms with Crippen molar-refractivity contribution in [1.29, 1.82) is 0 Å². The summed E-state index contributed by atoms with van der Waals surface area (Å²) in [6.45, 7) is 10.3. The average molecular weight is 227 g/mol. The first-order chi connectivity index (χ1) is 7.45. The Morgan fingerprint density at radius 1 is 1.38 bits per heavy atom. The van der Waals surface area contributed by atoms with E-state index in [1.807, 2.05) is 0 Å². The Morgan fingerprint density at radius 2 is 2.00 bits per heavy atom. The first kappa shape index (κ1) is 13.9. The molecule has 0 aliphatic carbocycles. The fourth-order valence-electron chi connectivity index (χ4n) is 2.65. The number of likely N-dealkylation sites (tertiary alicyclic amines) is 1. The second kappa shape index (κ2) is 5.99. The van der Waals surface area contributed by atoms with Crippen molar-refractivity contribution in [1.82, 2.24) is 9.80 Å². The molecule has 0 spiro atoms. The van der Waals surface area contributed by atoms with Crippen molar-refractivity contribution < 1.29 is 0 Å². The van der Waals surface area contributed by atoms with Gasteiger partial charge in [-0.3, -0.25) is 4.90 Å². The van der Waals surface area contributed by atoms with Crippen LogP contribution in [0.4, 0.5) is 0 Å². The molecule has 0 amide bonds. The molecule has 0 aromatic carbocycles. The van der Waals surface area contributed by atoms with Gasteiger partial charge in [-0.2, -0.15) is 0 Å². The standard InChI is InChI=1S/C13H29N3/c1-6-10(2)12(14)8-16-7-11(3)13(9-16)15(4)5/h10-13H,6-9,14H2,1-5H3. The van der Waals surface area contributed by atoms with Gasteiger partial charge in [-0.1, -0.05) is 27.2 Å². The maximum absolute atomic E-state index is 6.22. The predicted octanol–water partition coefficient (Wildman–Crippen LogP) is 1.24. The van der Waals surface area contributed by atoms with Crippen LogP contribution in [-0.4, -0.2) is 55.6 Å². The van der Waals surface area contributed by atoms with Crippen LogP contribution in [0.25, 0.3) is 0 Å². The molecule has 1 heterocycles. The fourth-order valence-corrected chi connectivity index (χ4v) is 2.65. The van der Waals surface area contributed by atoms with E-state index >= 15 is 0 Å². The van der Waals surface area contributed by atoms with Gasteiger partial charge in [0, 0.05) is 31.7 Å². The van der Waals surface area contributed by atoms with Crippen LogP contribution in [0.3, 0.4) is 0 Å². The molecule has 1 fully saturated rings. The zero-order valence-electron chi connectivity index (χ0n) is 11.6. The molecule has 4 unspecified atom stereocenters. The lowest BCUT2D eigenvalue weighted by molar-refractivity contribution is 0.238. The molecule has 4 atom stereocenters. The molecular formula is C13H29N3. The van der Waals surface area contributed by atoms with Gasteiger partial charge in [0.2, 0.25) is 0 Å². The first-order valence-corrected chi connectivity index (χ1v) is 6.60. The third kappa shape index (κ3) is 3.44. The van der Waals surface area contributed by atoms with Crippen molar-refractivity contribution in [2.24, 2.45) is 17.6 Å². The van der Waals surface area contributed by atoms with Crippen LogP contribution >= 0.6 is 0 Å². The maximum atomic E-state index is 6.22. The van der Waals surface area contributed by atoms with Gasteiger partial charge in [0.15, 0.2) is 0 Å². The number of nitrogens with zero attached hydrogens (tertiary/aromatic N) is 2.